The highest BCUT2D eigenvalue weighted by Gasteiger charge is 2.22. The topological polar surface area (TPSA) is 58.6 Å². The fourth-order valence-corrected chi connectivity index (χ4v) is 2.42. The fraction of sp³-hybridized carbons (Fsp3) is 0.385. The van der Waals surface area contributed by atoms with E-state index in [1.165, 1.54) is 4.90 Å². The molecule has 0 bridgehead atoms. The third-order valence-corrected chi connectivity index (χ3v) is 3.45. The van der Waals surface area contributed by atoms with Crippen LogP contribution in [0.15, 0.2) is 22.7 Å². The van der Waals surface area contributed by atoms with E-state index in [4.69, 9.17) is 4.74 Å². The van der Waals surface area contributed by atoms with Crippen molar-refractivity contribution in [3.8, 4) is 0 Å². The molecule has 2 rings (SSSR count). The predicted molar refractivity (Wildman–Crippen MR) is 75.0 cm³/mol. The summed E-state index contributed by atoms with van der Waals surface area (Å²) in [5, 5.41) is 2.77. The number of carbonyl (C=O) groups excluding carboxylic acids is 2. The Labute approximate surface area is 120 Å². The van der Waals surface area contributed by atoms with Crippen molar-refractivity contribution in [3.05, 3.63) is 28.2 Å². The van der Waals surface area contributed by atoms with Gasteiger partial charge in [-0.2, -0.15) is 0 Å². The number of carbonyl (C=O) groups is 2. The van der Waals surface area contributed by atoms with Gasteiger partial charge in [0.2, 0.25) is 5.91 Å². The number of cyclic esters (lactones) is 1. The molecule has 1 heterocycles. The summed E-state index contributed by atoms with van der Waals surface area (Å²) in [6.07, 6.45) is 0.331. The van der Waals surface area contributed by atoms with E-state index in [0.717, 1.165) is 16.5 Å². The predicted octanol–water partition coefficient (Wildman–Crippen LogP) is 2.54. The quantitative estimate of drug-likeness (QED) is 0.928. The number of amides is 2. The average molecular weight is 327 g/mol. The van der Waals surface area contributed by atoms with Crippen molar-refractivity contribution < 1.29 is 14.3 Å². The van der Waals surface area contributed by atoms with Crippen LogP contribution in [0.25, 0.3) is 0 Å². The first-order chi connectivity index (χ1) is 9.06. The van der Waals surface area contributed by atoms with Gasteiger partial charge in [0.15, 0.2) is 0 Å². The summed E-state index contributed by atoms with van der Waals surface area (Å²) in [5.41, 5.74) is 1.80. The maximum absolute atomic E-state index is 11.9. The van der Waals surface area contributed by atoms with Crippen LogP contribution in [0.5, 0.6) is 0 Å². The molecule has 19 heavy (non-hydrogen) atoms. The first kappa shape index (κ1) is 13.9. The Morgan fingerprint density at radius 3 is 3.00 bits per heavy atom. The van der Waals surface area contributed by atoms with Crippen LogP contribution in [-0.2, 0) is 9.53 Å². The zero-order valence-corrected chi connectivity index (χ0v) is 12.2. The van der Waals surface area contributed by atoms with Crippen molar-refractivity contribution in [3.63, 3.8) is 0 Å². The Bertz CT molecular complexity index is 505. The minimum absolute atomic E-state index is 0.0130. The molecular formula is C13H15BrN2O3. The summed E-state index contributed by atoms with van der Waals surface area (Å²) in [5.74, 6) is -0.233. The molecule has 0 unspecified atom stereocenters. The summed E-state index contributed by atoms with van der Waals surface area (Å²) >= 11 is 3.39. The SMILES string of the molecule is Cc1ccc(NC(=O)CN2CCCOC2=O)c(Br)c1. The molecule has 6 heteroatoms. The third-order valence-electron chi connectivity index (χ3n) is 2.79. The van der Waals surface area contributed by atoms with Gasteiger partial charge in [0, 0.05) is 11.0 Å². The Morgan fingerprint density at radius 2 is 2.32 bits per heavy atom. The molecule has 1 aliphatic rings. The molecule has 102 valence electrons. The molecule has 0 aromatic heterocycles. The second-order valence-corrected chi connectivity index (χ2v) is 5.28. The summed E-state index contributed by atoms with van der Waals surface area (Å²) < 4.78 is 5.70. The first-order valence-electron chi connectivity index (χ1n) is 6.04. The molecule has 5 nitrogen and oxygen atoms in total. The molecule has 1 N–H and O–H groups in total. The molecule has 2 amide bonds. The molecule has 1 saturated heterocycles. The van der Waals surface area contributed by atoms with Gasteiger partial charge in [-0.1, -0.05) is 6.07 Å². The van der Waals surface area contributed by atoms with Crippen LogP contribution in [-0.4, -0.2) is 36.6 Å². The Morgan fingerprint density at radius 1 is 1.53 bits per heavy atom. The van der Waals surface area contributed by atoms with Crippen molar-refractivity contribution in [1.29, 1.82) is 0 Å². The van der Waals surface area contributed by atoms with Gasteiger partial charge >= 0.3 is 6.09 Å². The van der Waals surface area contributed by atoms with Crippen molar-refractivity contribution in [1.82, 2.24) is 4.90 Å². The zero-order valence-electron chi connectivity index (χ0n) is 10.6. The van der Waals surface area contributed by atoms with Crippen molar-refractivity contribution >= 4 is 33.6 Å². The van der Waals surface area contributed by atoms with Crippen LogP contribution in [0.3, 0.4) is 0 Å². The number of anilines is 1. The van der Waals surface area contributed by atoms with Gasteiger partial charge < -0.3 is 10.1 Å². The number of hydrogen-bond donors (Lipinski definition) is 1. The number of benzene rings is 1. The Hall–Kier alpha value is -1.56. The summed E-state index contributed by atoms with van der Waals surface area (Å²) in [7, 11) is 0. The van der Waals surface area contributed by atoms with Gasteiger partial charge in [-0.25, -0.2) is 4.79 Å². The zero-order chi connectivity index (χ0) is 13.8. The van der Waals surface area contributed by atoms with E-state index in [2.05, 4.69) is 21.2 Å². The molecule has 1 aromatic carbocycles. The maximum Gasteiger partial charge on any atom is 0.410 e. The van der Waals surface area contributed by atoms with Crippen molar-refractivity contribution in [2.75, 3.05) is 25.0 Å². The Balaban J connectivity index is 1.95. The molecule has 0 radical (unpaired) electrons. The van der Waals surface area contributed by atoms with E-state index >= 15 is 0 Å². The van der Waals surface area contributed by atoms with E-state index < -0.39 is 6.09 Å². The highest BCUT2D eigenvalue weighted by molar-refractivity contribution is 9.10. The van der Waals surface area contributed by atoms with Crippen LogP contribution >= 0.6 is 15.9 Å². The van der Waals surface area contributed by atoms with Crippen molar-refractivity contribution in [2.24, 2.45) is 0 Å². The van der Waals surface area contributed by atoms with E-state index in [9.17, 15) is 9.59 Å². The van der Waals surface area contributed by atoms with Crippen LogP contribution in [0.2, 0.25) is 0 Å². The monoisotopic (exact) mass is 326 g/mol. The van der Waals surface area contributed by atoms with Gasteiger partial charge in [0.05, 0.1) is 12.3 Å². The molecule has 0 aliphatic carbocycles. The standard InChI is InChI=1S/C13H15BrN2O3/c1-9-3-4-11(10(14)7-9)15-12(17)8-16-5-2-6-19-13(16)18/h3-4,7H,2,5-6,8H2,1H3,(H,15,17). The van der Waals surface area contributed by atoms with Crippen molar-refractivity contribution in [2.45, 2.75) is 13.3 Å². The lowest BCUT2D eigenvalue weighted by atomic mass is 10.2. The average Bonchev–Trinajstić information content (AvgIpc) is 2.36. The maximum atomic E-state index is 11.9. The van der Waals surface area contributed by atoms with E-state index in [0.29, 0.717) is 18.8 Å². The van der Waals surface area contributed by atoms with Gasteiger partial charge in [0.1, 0.15) is 6.54 Å². The highest BCUT2D eigenvalue weighted by Crippen LogP contribution is 2.23. The summed E-state index contributed by atoms with van der Waals surface area (Å²) in [6, 6.07) is 5.66. The molecule has 0 atom stereocenters. The van der Waals surface area contributed by atoms with Crippen LogP contribution in [0, 0.1) is 6.92 Å². The number of halogens is 1. The molecule has 0 spiro atoms. The largest absolute Gasteiger partial charge is 0.449 e. The third kappa shape index (κ3) is 3.70. The van der Waals surface area contributed by atoms with E-state index in [1.54, 1.807) is 0 Å². The smallest absolute Gasteiger partial charge is 0.410 e. The number of nitrogens with zero attached hydrogens (tertiary/aromatic N) is 1. The number of nitrogens with one attached hydrogen (secondary N) is 1. The van der Waals surface area contributed by atoms with E-state index in [1.807, 2.05) is 25.1 Å². The lowest BCUT2D eigenvalue weighted by Gasteiger charge is -2.25. The normalized spacial score (nSPS) is 15.1. The van der Waals surface area contributed by atoms with Crippen LogP contribution < -0.4 is 5.32 Å². The van der Waals surface area contributed by atoms with Gasteiger partial charge in [-0.3, -0.25) is 9.69 Å². The molecule has 0 saturated carbocycles. The molecule has 1 aromatic rings. The van der Waals surface area contributed by atoms with E-state index in [-0.39, 0.29) is 12.5 Å². The molecule has 1 fully saturated rings. The van der Waals surface area contributed by atoms with Gasteiger partial charge in [-0.05, 0) is 47.0 Å². The second-order valence-electron chi connectivity index (χ2n) is 4.42. The lowest BCUT2D eigenvalue weighted by molar-refractivity contribution is -0.117. The second kappa shape index (κ2) is 6.06. The minimum atomic E-state index is -0.427. The molecular weight excluding hydrogens is 312 g/mol. The Kier molecular flexibility index (Phi) is 4.42. The molecule has 1 aliphatic heterocycles. The lowest BCUT2D eigenvalue weighted by Crippen LogP contribution is -2.42. The number of rotatable bonds is 3. The fourth-order valence-electron chi connectivity index (χ4n) is 1.83. The van der Waals surface area contributed by atoms with Gasteiger partial charge in [-0.15, -0.1) is 0 Å². The van der Waals surface area contributed by atoms with Crippen LogP contribution in [0.4, 0.5) is 10.5 Å². The first-order valence-corrected chi connectivity index (χ1v) is 6.83. The number of aryl methyl sites for hydroxylation is 1. The highest BCUT2D eigenvalue weighted by atomic mass is 79.9. The van der Waals surface area contributed by atoms with Gasteiger partial charge in [0.25, 0.3) is 0 Å². The van der Waals surface area contributed by atoms with Crippen LogP contribution in [0.1, 0.15) is 12.0 Å². The number of hydrogen-bond acceptors (Lipinski definition) is 3. The number of ether oxygens (including phenoxy) is 1. The summed E-state index contributed by atoms with van der Waals surface area (Å²) in [4.78, 5) is 24.7. The summed E-state index contributed by atoms with van der Waals surface area (Å²) in [6.45, 7) is 2.97. The minimum Gasteiger partial charge on any atom is -0.449 e.